The first-order chi connectivity index (χ1) is 13.5. The van der Waals surface area contributed by atoms with Crippen LogP contribution in [0, 0.1) is 6.92 Å². The second kappa shape index (κ2) is 7.35. The standard InChI is InChI=1S/C23H23N3O2/c1-15-6-11-20-18(13-15)19(14-21(25-20)22-5-4-12-28-22)23(27)24-16-7-9-17(10-8-16)26(2)3/h5-11,13-14H,4,12H2,1-3H3,(H,24,27). The van der Waals surface area contributed by atoms with Crippen LogP contribution in [0.25, 0.3) is 16.7 Å². The van der Waals surface area contributed by atoms with Crippen molar-refractivity contribution in [1.29, 1.82) is 0 Å². The lowest BCUT2D eigenvalue weighted by atomic mass is 10.0. The van der Waals surface area contributed by atoms with Gasteiger partial charge in [-0.1, -0.05) is 11.6 Å². The van der Waals surface area contributed by atoms with Gasteiger partial charge in [-0.2, -0.15) is 0 Å². The van der Waals surface area contributed by atoms with Gasteiger partial charge in [-0.3, -0.25) is 4.79 Å². The van der Waals surface area contributed by atoms with E-state index in [-0.39, 0.29) is 5.91 Å². The zero-order valence-electron chi connectivity index (χ0n) is 16.3. The molecule has 1 aliphatic rings. The average molecular weight is 373 g/mol. The van der Waals surface area contributed by atoms with E-state index in [1.807, 2.05) is 80.5 Å². The van der Waals surface area contributed by atoms with Gasteiger partial charge in [-0.05, 0) is 55.5 Å². The Labute approximate surface area is 164 Å². The van der Waals surface area contributed by atoms with Crippen LogP contribution < -0.4 is 10.2 Å². The van der Waals surface area contributed by atoms with Gasteiger partial charge in [0.2, 0.25) is 0 Å². The molecule has 0 spiro atoms. The van der Waals surface area contributed by atoms with Crippen LogP contribution in [-0.4, -0.2) is 31.6 Å². The Morgan fingerprint density at radius 1 is 1.11 bits per heavy atom. The van der Waals surface area contributed by atoms with Crippen molar-refractivity contribution in [2.45, 2.75) is 13.3 Å². The fourth-order valence-electron chi connectivity index (χ4n) is 3.29. The molecule has 5 heteroatoms. The summed E-state index contributed by atoms with van der Waals surface area (Å²) in [5.41, 5.74) is 5.00. The number of hydrogen-bond donors (Lipinski definition) is 1. The molecule has 2 aromatic carbocycles. The number of ether oxygens (including phenoxy) is 1. The van der Waals surface area contributed by atoms with Gasteiger partial charge >= 0.3 is 0 Å². The highest BCUT2D eigenvalue weighted by molar-refractivity contribution is 6.13. The number of hydrogen-bond acceptors (Lipinski definition) is 4. The summed E-state index contributed by atoms with van der Waals surface area (Å²) in [6, 6.07) is 15.6. The molecule has 0 saturated heterocycles. The number of rotatable bonds is 4. The Bertz CT molecular complexity index is 1070. The Morgan fingerprint density at radius 2 is 1.89 bits per heavy atom. The summed E-state index contributed by atoms with van der Waals surface area (Å²) in [5, 5.41) is 3.85. The van der Waals surface area contributed by atoms with E-state index in [0.717, 1.165) is 40.0 Å². The molecule has 1 aromatic heterocycles. The molecule has 1 amide bonds. The molecule has 0 atom stereocenters. The number of aromatic nitrogens is 1. The molecular weight excluding hydrogens is 350 g/mol. The molecule has 0 saturated carbocycles. The van der Waals surface area contributed by atoms with Gasteiger partial charge in [0.15, 0.2) is 0 Å². The van der Waals surface area contributed by atoms with Gasteiger partial charge in [0.25, 0.3) is 5.91 Å². The Kier molecular flexibility index (Phi) is 4.74. The lowest BCUT2D eigenvalue weighted by Gasteiger charge is -2.14. The highest BCUT2D eigenvalue weighted by Crippen LogP contribution is 2.27. The first-order valence-corrected chi connectivity index (χ1v) is 9.35. The molecule has 4 rings (SSSR count). The predicted octanol–water partition coefficient (Wildman–Crippen LogP) is 4.62. The smallest absolute Gasteiger partial charge is 0.256 e. The van der Waals surface area contributed by atoms with Crippen LogP contribution in [0.4, 0.5) is 11.4 Å². The fourth-order valence-corrected chi connectivity index (χ4v) is 3.29. The number of anilines is 2. The molecule has 0 fully saturated rings. The molecule has 5 nitrogen and oxygen atoms in total. The second-order valence-corrected chi connectivity index (χ2v) is 7.18. The van der Waals surface area contributed by atoms with E-state index >= 15 is 0 Å². The molecular formula is C23H23N3O2. The Morgan fingerprint density at radius 3 is 2.57 bits per heavy atom. The summed E-state index contributed by atoms with van der Waals surface area (Å²) in [5.74, 6) is 0.585. The zero-order chi connectivity index (χ0) is 19.7. The molecule has 0 radical (unpaired) electrons. The molecule has 2 heterocycles. The molecule has 0 aliphatic carbocycles. The number of nitrogens with one attached hydrogen (secondary N) is 1. The topological polar surface area (TPSA) is 54.5 Å². The number of aryl methyl sites for hydroxylation is 1. The lowest BCUT2D eigenvalue weighted by Crippen LogP contribution is -2.14. The number of carbonyl (C=O) groups is 1. The number of fused-ring (bicyclic) bond motifs is 1. The van der Waals surface area contributed by atoms with Gasteiger partial charge in [-0.25, -0.2) is 4.98 Å². The minimum Gasteiger partial charge on any atom is -0.491 e. The van der Waals surface area contributed by atoms with Crippen molar-refractivity contribution in [3.8, 4) is 0 Å². The molecule has 0 bridgehead atoms. The van der Waals surface area contributed by atoms with Crippen molar-refractivity contribution in [2.75, 3.05) is 30.9 Å². The summed E-state index contributed by atoms with van der Waals surface area (Å²) >= 11 is 0. The quantitative estimate of drug-likeness (QED) is 0.725. The largest absolute Gasteiger partial charge is 0.491 e. The van der Waals surface area contributed by atoms with Gasteiger partial charge in [0.05, 0.1) is 17.7 Å². The third-order valence-electron chi connectivity index (χ3n) is 4.81. The molecule has 1 aliphatic heterocycles. The lowest BCUT2D eigenvalue weighted by molar-refractivity contribution is 0.102. The van der Waals surface area contributed by atoms with Crippen molar-refractivity contribution < 1.29 is 9.53 Å². The predicted molar refractivity (Wildman–Crippen MR) is 114 cm³/mol. The highest BCUT2D eigenvalue weighted by atomic mass is 16.5. The van der Waals surface area contributed by atoms with Crippen LogP contribution in [0.2, 0.25) is 0 Å². The molecule has 28 heavy (non-hydrogen) atoms. The summed E-state index contributed by atoms with van der Waals surface area (Å²) in [6.07, 6.45) is 2.88. The normalized spacial score (nSPS) is 13.2. The maximum absolute atomic E-state index is 13.1. The molecule has 3 aromatic rings. The maximum atomic E-state index is 13.1. The van der Waals surface area contributed by atoms with Gasteiger partial charge in [0, 0.05) is 37.3 Å². The summed E-state index contributed by atoms with van der Waals surface area (Å²) < 4.78 is 5.66. The zero-order valence-corrected chi connectivity index (χ0v) is 16.3. The van der Waals surface area contributed by atoms with Crippen LogP contribution in [0.1, 0.15) is 28.0 Å². The minimum atomic E-state index is -0.157. The van der Waals surface area contributed by atoms with E-state index in [4.69, 9.17) is 9.72 Å². The van der Waals surface area contributed by atoms with Gasteiger partial charge < -0.3 is 15.0 Å². The number of benzene rings is 2. The average Bonchev–Trinajstić information content (AvgIpc) is 3.22. The van der Waals surface area contributed by atoms with Crippen molar-refractivity contribution >= 4 is 33.9 Å². The molecule has 0 unspecified atom stereocenters. The summed E-state index contributed by atoms with van der Waals surface area (Å²) in [6.45, 7) is 2.67. The van der Waals surface area contributed by atoms with E-state index in [2.05, 4.69) is 5.32 Å². The van der Waals surface area contributed by atoms with Crippen molar-refractivity contribution in [3.05, 3.63) is 71.4 Å². The Balaban J connectivity index is 1.72. The van der Waals surface area contributed by atoms with Crippen LogP contribution >= 0.6 is 0 Å². The van der Waals surface area contributed by atoms with Gasteiger partial charge in [0.1, 0.15) is 11.5 Å². The van der Waals surface area contributed by atoms with Crippen LogP contribution in [0.15, 0.2) is 54.6 Å². The SMILES string of the molecule is Cc1ccc2nc(C3=CCCO3)cc(C(=O)Nc3ccc(N(C)C)cc3)c2c1. The third-order valence-corrected chi connectivity index (χ3v) is 4.81. The van der Waals surface area contributed by atoms with E-state index < -0.39 is 0 Å². The van der Waals surface area contributed by atoms with E-state index in [0.29, 0.717) is 17.9 Å². The third kappa shape index (κ3) is 3.56. The van der Waals surface area contributed by atoms with Crippen molar-refractivity contribution in [3.63, 3.8) is 0 Å². The van der Waals surface area contributed by atoms with Crippen molar-refractivity contribution in [2.24, 2.45) is 0 Å². The second-order valence-electron chi connectivity index (χ2n) is 7.18. The van der Waals surface area contributed by atoms with Crippen LogP contribution in [0.5, 0.6) is 0 Å². The van der Waals surface area contributed by atoms with E-state index in [1.165, 1.54) is 0 Å². The maximum Gasteiger partial charge on any atom is 0.256 e. The van der Waals surface area contributed by atoms with Crippen LogP contribution in [0.3, 0.4) is 0 Å². The van der Waals surface area contributed by atoms with E-state index in [9.17, 15) is 4.79 Å². The Hall–Kier alpha value is -3.34. The fraction of sp³-hybridized carbons (Fsp3) is 0.217. The van der Waals surface area contributed by atoms with Crippen molar-refractivity contribution in [1.82, 2.24) is 4.98 Å². The monoisotopic (exact) mass is 373 g/mol. The number of carbonyl (C=O) groups excluding carboxylic acids is 1. The first kappa shape index (κ1) is 18.0. The molecule has 142 valence electrons. The summed E-state index contributed by atoms with van der Waals surface area (Å²) in [4.78, 5) is 19.8. The number of nitrogens with zero attached hydrogens (tertiary/aromatic N) is 2. The van der Waals surface area contributed by atoms with E-state index in [1.54, 1.807) is 0 Å². The van der Waals surface area contributed by atoms with Gasteiger partial charge in [-0.15, -0.1) is 0 Å². The number of pyridine rings is 1. The van der Waals surface area contributed by atoms with Crippen LogP contribution in [-0.2, 0) is 4.74 Å². The molecule has 1 N–H and O–H groups in total. The minimum absolute atomic E-state index is 0.157. The summed E-state index contributed by atoms with van der Waals surface area (Å²) in [7, 11) is 3.97. The number of amides is 1. The first-order valence-electron chi connectivity index (χ1n) is 9.35. The highest BCUT2D eigenvalue weighted by Gasteiger charge is 2.17.